The van der Waals surface area contributed by atoms with Gasteiger partial charge in [0.05, 0.1) is 0 Å². The van der Waals surface area contributed by atoms with Crippen LogP contribution in [0.2, 0.25) is 0 Å². The highest BCUT2D eigenvalue weighted by Gasteiger charge is 2.29. The van der Waals surface area contributed by atoms with Gasteiger partial charge in [-0.2, -0.15) is 11.8 Å². The van der Waals surface area contributed by atoms with Gasteiger partial charge < -0.3 is 4.90 Å². The van der Waals surface area contributed by atoms with Crippen LogP contribution in [0.15, 0.2) is 24.3 Å². The maximum atomic E-state index is 12.6. The lowest BCUT2D eigenvalue weighted by Gasteiger charge is -2.23. The summed E-state index contributed by atoms with van der Waals surface area (Å²) in [7, 11) is 0. The SMILES string of the molecule is Cc1ccccc1C1CCN(C(=O)C2CCCC2)CCS1. The normalized spacial score (nSPS) is 24.0. The van der Waals surface area contributed by atoms with Crippen molar-refractivity contribution in [2.24, 2.45) is 5.92 Å². The van der Waals surface area contributed by atoms with Crippen LogP contribution in [0.1, 0.15) is 48.5 Å². The smallest absolute Gasteiger partial charge is 0.225 e. The zero-order valence-electron chi connectivity index (χ0n) is 12.9. The average molecular weight is 303 g/mol. The molecule has 0 radical (unpaired) electrons. The summed E-state index contributed by atoms with van der Waals surface area (Å²) >= 11 is 2.02. The summed E-state index contributed by atoms with van der Waals surface area (Å²) in [6.07, 6.45) is 5.80. The van der Waals surface area contributed by atoms with E-state index < -0.39 is 0 Å². The molecule has 3 heteroatoms. The molecule has 0 N–H and O–H groups in total. The molecule has 114 valence electrons. The zero-order chi connectivity index (χ0) is 14.7. The number of carbonyl (C=O) groups is 1. The largest absolute Gasteiger partial charge is 0.342 e. The van der Waals surface area contributed by atoms with Crippen molar-refractivity contribution in [2.45, 2.75) is 44.3 Å². The minimum Gasteiger partial charge on any atom is -0.342 e. The molecule has 1 amide bonds. The number of aryl methyl sites for hydroxylation is 1. The van der Waals surface area contributed by atoms with Crippen molar-refractivity contribution < 1.29 is 4.79 Å². The Bertz CT molecular complexity index is 496. The number of nitrogens with zero attached hydrogens (tertiary/aromatic N) is 1. The fourth-order valence-corrected chi connectivity index (χ4v) is 4.94. The summed E-state index contributed by atoms with van der Waals surface area (Å²) in [5.41, 5.74) is 2.84. The zero-order valence-corrected chi connectivity index (χ0v) is 13.7. The summed E-state index contributed by atoms with van der Waals surface area (Å²) < 4.78 is 0. The standard InChI is InChI=1S/C18H25NOS/c1-14-6-2-5-9-16(14)17-10-11-19(12-13-21-17)18(20)15-7-3-4-8-15/h2,5-6,9,15,17H,3-4,7-8,10-13H2,1H3. The van der Waals surface area contributed by atoms with Gasteiger partial charge >= 0.3 is 0 Å². The Morgan fingerprint density at radius 3 is 2.67 bits per heavy atom. The third kappa shape index (κ3) is 3.45. The number of hydrogen-bond acceptors (Lipinski definition) is 2. The number of hydrogen-bond donors (Lipinski definition) is 0. The molecular weight excluding hydrogens is 278 g/mol. The van der Waals surface area contributed by atoms with E-state index in [-0.39, 0.29) is 0 Å². The van der Waals surface area contributed by atoms with E-state index in [1.807, 2.05) is 11.8 Å². The van der Waals surface area contributed by atoms with Crippen molar-refractivity contribution in [1.29, 1.82) is 0 Å². The van der Waals surface area contributed by atoms with Crippen LogP contribution < -0.4 is 0 Å². The average Bonchev–Trinajstić information content (AvgIpc) is 2.92. The molecule has 1 heterocycles. The summed E-state index contributed by atoms with van der Waals surface area (Å²) in [6, 6.07) is 8.69. The Kier molecular flexibility index (Phi) is 4.89. The van der Waals surface area contributed by atoms with Gasteiger partial charge in [-0.15, -0.1) is 0 Å². The van der Waals surface area contributed by atoms with E-state index in [0.29, 0.717) is 17.1 Å². The second kappa shape index (κ2) is 6.87. The molecule has 1 saturated heterocycles. The topological polar surface area (TPSA) is 20.3 Å². The quantitative estimate of drug-likeness (QED) is 0.816. The molecule has 0 spiro atoms. The minimum absolute atomic E-state index is 0.324. The van der Waals surface area contributed by atoms with Gasteiger partial charge in [0, 0.05) is 30.0 Å². The molecule has 2 nitrogen and oxygen atoms in total. The molecule has 1 aromatic carbocycles. The lowest BCUT2D eigenvalue weighted by Crippen LogP contribution is -2.36. The predicted octanol–water partition coefficient (Wildman–Crippen LogP) is 4.19. The van der Waals surface area contributed by atoms with Gasteiger partial charge in [0.15, 0.2) is 0 Å². The molecule has 1 aliphatic carbocycles. The van der Waals surface area contributed by atoms with Crippen LogP contribution in [0.25, 0.3) is 0 Å². The van der Waals surface area contributed by atoms with Crippen LogP contribution in [0.4, 0.5) is 0 Å². The highest BCUT2D eigenvalue weighted by Crippen LogP contribution is 2.36. The first-order valence-electron chi connectivity index (χ1n) is 8.21. The van der Waals surface area contributed by atoms with Gasteiger partial charge in [0.2, 0.25) is 5.91 Å². The van der Waals surface area contributed by atoms with Gasteiger partial charge in [0.25, 0.3) is 0 Å². The van der Waals surface area contributed by atoms with Crippen LogP contribution >= 0.6 is 11.8 Å². The number of carbonyl (C=O) groups excluding carboxylic acids is 1. The monoisotopic (exact) mass is 303 g/mol. The number of benzene rings is 1. The van der Waals surface area contributed by atoms with Crippen molar-refractivity contribution in [3.05, 3.63) is 35.4 Å². The van der Waals surface area contributed by atoms with E-state index in [2.05, 4.69) is 36.1 Å². The summed E-state index contributed by atoms with van der Waals surface area (Å²) in [4.78, 5) is 14.7. The van der Waals surface area contributed by atoms with Crippen LogP contribution in [-0.2, 0) is 4.79 Å². The fraction of sp³-hybridized carbons (Fsp3) is 0.611. The van der Waals surface area contributed by atoms with E-state index in [1.54, 1.807) is 0 Å². The Morgan fingerprint density at radius 1 is 1.14 bits per heavy atom. The maximum Gasteiger partial charge on any atom is 0.225 e. The van der Waals surface area contributed by atoms with Gasteiger partial charge in [-0.25, -0.2) is 0 Å². The summed E-state index contributed by atoms with van der Waals surface area (Å²) in [6.45, 7) is 4.06. The van der Waals surface area contributed by atoms with Crippen LogP contribution in [0.5, 0.6) is 0 Å². The summed E-state index contributed by atoms with van der Waals surface area (Å²) in [5, 5.41) is 0.549. The predicted molar refractivity (Wildman–Crippen MR) is 89.5 cm³/mol. The number of thioether (sulfide) groups is 1. The lowest BCUT2D eigenvalue weighted by molar-refractivity contribution is -0.135. The highest BCUT2D eigenvalue weighted by molar-refractivity contribution is 7.99. The molecule has 3 rings (SSSR count). The maximum absolute atomic E-state index is 12.6. The van der Waals surface area contributed by atoms with Crippen molar-refractivity contribution >= 4 is 17.7 Å². The molecule has 1 atom stereocenters. The van der Waals surface area contributed by atoms with Gasteiger partial charge in [-0.1, -0.05) is 37.1 Å². The first-order valence-corrected chi connectivity index (χ1v) is 9.26. The van der Waals surface area contributed by atoms with E-state index in [1.165, 1.54) is 24.0 Å². The van der Waals surface area contributed by atoms with Crippen molar-refractivity contribution in [3.63, 3.8) is 0 Å². The number of rotatable bonds is 2. The van der Waals surface area contributed by atoms with E-state index >= 15 is 0 Å². The van der Waals surface area contributed by atoms with E-state index in [0.717, 1.165) is 38.1 Å². The lowest BCUT2D eigenvalue weighted by atomic mass is 10.0. The van der Waals surface area contributed by atoms with Crippen LogP contribution in [0.3, 0.4) is 0 Å². The van der Waals surface area contributed by atoms with Crippen LogP contribution in [0, 0.1) is 12.8 Å². The van der Waals surface area contributed by atoms with Gasteiger partial charge in [0.1, 0.15) is 0 Å². The molecule has 1 unspecified atom stereocenters. The fourth-order valence-electron chi connectivity index (χ4n) is 3.62. The third-order valence-corrected chi connectivity index (χ3v) is 6.20. The molecule has 2 aliphatic rings. The molecule has 2 fully saturated rings. The minimum atomic E-state index is 0.324. The first kappa shape index (κ1) is 15.0. The molecule has 0 aromatic heterocycles. The Balaban J connectivity index is 1.64. The second-order valence-corrected chi connectivity index (χ2v) is 7.62. The molecule has 1 aromatic rings. The van der Waals surface area contributed by atoms with Gasteiger partial charge in [-0.05, 0) is 37.3 Å². The highest BCUT2D eigenvalue weighted by atomic mass is 32.2. The van der Waals surface area contributed by atoms with E-state index in [4.69, 9.17) is 0 Å². The number of amides is 1. The van der Waals surface area contributed by atoms with Crippen molar-refractivity contribution in [1.82, 2.24) is 4.90 Å². The summed E-state index contributed by atoms with van der Waals surface area (Å²) in [5.74, 6) is 1.82. The first-order chi connectivity index (χ1) is 10.3. The second-order valence-electron chi connectivity index (χ2n) is 6.31. The third-order valence-electron chi connectivity index (χ3n) is 4.89. The molecule has 21 heavy (non-hydrogen) atoms. The molecule has 0 bridgehead atoms. The van der Waals surface area contributed by atoms with Gasteiger partial charge in [-0.3, -0.25) is 4.79 Å². The Morgan fingerprint density at radius 2 is 1.90 bits per heavy atom. The molecule has 1 saturated carbocycles. The molecular formula is C18H25NOS. The van der Waals surface area contributed by atoms with Crippen LogP contribution in [-0.4, -0.2) is 29.6 Å². The Hall–Kier alpha value is -0.960. The van der Waals surface area contributed by atoms with Crippen molar-refractivity contribution in [2.75, 3.05) is 18.8 Å². The van der Waals surface area contributed by atoms with E-state index in [9.17, 15) is 4.79 Å². The Labute approximate surface area is 132 Å². The van der Waals surface area contributed by atoms with Crippen molar-refractivity contribution in [3.8, 4) is 0 Å². The molecule has 1 aliphatic heterocycles.